The summed E-state index contributed by atoms with van der Waals surface area (Å²) in [7, 11) is 3.22. The zero-order chi connectivity index (χ0) is 15.6. The monoisotopic (exact) mass is 309 g/mol. The van der Waals surface area contributed by atoms with Crippen molar-refractivity contribution in [3.05, 3.63) is 17.1 Å². The lowest BCUT2D eigenvalue weighted by molar-refractivity contribution is 0.0595. The van der Waals surface area contributed by atoms with Crippen molar-refractivity contribution in [2.45, 2.75) is 20.4 Å². The number of nitrogens with zero attached hydrogens (tertiary/aromatic N) is 5. The van der Waals surface area contributed by atoms with Crippen LogP contribution in [0.4, 0.5) is 0 Å². The quantitative estimate of drug-likeness (QED) is 0.778. The van der Waals surface area contributed by atoms with Crippen molar-refractivity contribution >= 4 is 17.7 Å². The number of ether oxygens (including phenoxy) is 1. The van der Waals surface area contributed by atoms with Crippen LogP contribution in [0.3, 0.4) is 0 Å². The van der Waals surface area contributed by atoms with Crippen molar-refractivity contribution in [3.63, 3.8) is 0 Å². The molecule has 0 fully saturated rings. The van der Waals surface area contributed by atoms with E-state index in [-0.39, 0.29) is 5.69 Å². The van der Waals surface area contributed by atoms with Gasteiger partial charge in [0.25, 0.3) is 0 Å². The van der Waals surface area contributed by atoms with Crippen LogP contribution in [0.1, 0.15) is 21.9 Å². The lowest BCUT2D eigenvalue weighted by Gasteiger charge is -2.07. The molecule has 0 aromatic carbocycles. The van der Waals surface area contributed by atoms with E-state index >= 15 is 0 Å². The van der Waals surface area contributed by atoms with E-state index in [2.05, 4.69) is 15.4 Å². The molecule has 8 heteroatoms. The molecule has 0 spiro atoms. The van der Waals surface area contributed by atoms with Gasteiger partial charge in [-0.15, -0.1) is 5.10 Å². The molecule has 0 saturated heterocycles. The zero-order valence-electron chi connectivity index (χ0n) is 12.9. The summed E-state index contributed by atoms with van der Waals surface area (Å²) in [4.78, 5) is 12.0. The van der Waals surface area contributed by atoms with E-state index in [0.29, 0.717) is 12.2 Å². The molecule has 0 atom stereocenters. The predicted molar refractivity (Wildman–Crippen MR) is 81.4 cm³/mol. The van der Waals surface area contributed by atoms with Gasteiger partial charge in [-0.25, -0.2) is 9.48 Å². The normalized spacial score (nSPS) is 10.9. The van der Waals surface area contributed by atoms with Crippen LogP contribution in [0, 0.1) is 13.8 Å². The van der Waals surface area contributed by atoms with Crippen LogP contribution < -0.4 is 0 Å². The molecule has 2 aromatic rings. The number of aryl methyl sites for hydroxylation is 3. The van der Waals surface area contributed by atoms with E-state index in [0.717, 1.165) is 22.7 Å². The molecular formula is C13H19N5O2S. The van der Waals surface area contributed by atoms with Crippen molar-refractivity contribution in [2.24, 2.45) is 7.05 Å². The number of aromatic nitrogens is 5. The van der Waals surface area contributed by atoms with Crippen LogP contribution in [0.25, 0.3) is 11.3 Å². The predicted octanol–water partition coefficient (Wildman–Crippen LogP) is 1.45. The summed E-state index contributed by atoms with van der Waals surface area (Å²) >= 11 is 1.71. The third kappa shape index (κ3) is 2.80. The van der Waals surface area contributed by atoms with Gasteiger partial charge in [0.15, 0.2) is 5.69 Å². The highest BCUT2D eigenvalue weighted by molar-refractivity contribution is 7.98. The van der Waals surface area contributed by atoms with E-state index in [1.165, 1.54) is 7.11 Å². The lowest BCUT2D eigenvalue weighted by atomic mass is 10.1. The van der Waals surface area contributed by atoms with Crippen LogP contribution in [-0.4, -0.2) is 49.9 Å². The number of carbonyl (C=O) groups excluding carboxylic acids is 1. The van der Waals surface area contributed by atoms with Crippen molar-refractivity contribution in [2.75, 3.05) is 19.1 Å². The average molecular weight is 309 g/mol. The van der Waals surface area contributed by atoms with Crippen molar-refractivity contribution in [3.8, 4) is 11.3 Å². The van der Waals surface area contributed by atoms with Gasteiger partial charge in [-0.05, 0) is 20.1 Å². The van der Waals surface area contributed by atoms with Crippen LogP contribution in [0.5, 0.6) is 0 Å². The molecule has 0 aliphatic rings. The molecule has 0 aliphatic heterocycles. The first-order valence-electron chi connectivity index (χ1n) is 6.52. The Morgan fingerprint density at radius 2 is 2.10 bits per heavy atom. The fourth-order valence-corrected chi connectivity index (χ4v) is 2.60. The maximum absolute atomic E-state index is 12.0. The lowest BCUT2D eigenvalue weighted by Crippen LogP contribution is -2.09. The van der Waals surface area contributed by atoms with Gasteiger partial charge in [-0.3, -0.25) is 4.68 Å². The van der Waals surface area contributed by atoms with E-state index in [9.17, 15) is 4.79 Å². The minimum absolute atomic E-state index is 0.234. The minimum Gasteiger partial charge on any atom is -0.464 e. The van der Waals surface area contributed by atoms with Gasteiger partial charge in [0.1, 0.15) is 5.69 Å². The second-order valence-corrected chi connectivity index (χ2v) is 5.65. The topological polar surface area (TPSA) is 74.8 Å². The first-order chi connectivity index (χ1) is 10.0. The summed E-state index contributed by atoms with van der Waals surface area (Å²) < 4.78 is 8.35. The zero-order valence-corrected chi connectivity index (χ0v) is 13.7. The highest BCUT2D eigenvalue weighted by Crippen LogP contribution is 2.29. The average Bonchev–Trinajstić information content (AvgIpc) is 2.97. The SMILES string of the molecule is COC(=O)c1nnn(CCSC)c1-c1c(C)nn(C)c1C. The largest absolute Gasteiger partial charge is 0.464 e. The van der Waals surface area contributed by atoms with Gasteiger partial charge in [-0.2, -0.15) is 16.9 Å². The molecule has 0 aliphatic carbocycles. The molecule has 7 nitrogen and oxygen atoms in total. The molecule has 0 unspecified atom stereocenters. The summed E-state index contributed by atoms with van der Waals surface area (Å²) in [6.45, 7) is 4.55. The Kier molecular flexibility index (Phi) is 4.66. The Morgan fingerprint density at radius 1 is 1.38 bits per heavy atom. The van der Waals surface area contributed by atoms with E-state index in [1.54, 1.807) is 21.1 Å². The van der Waals surface area contributed by atoms with Crippen LogP contribution >= 0.6 is 11.8 Å². The van der Waals surface area contributed by atoms with Crippen molar-refractivity contribution in [1.29, 1.82) is 0 Å². The summed E-state index contributed by atoms with van der Waals surface area (Å²) in [5.74, 6) is 0.401. The van der Waals surface area contributed by atoms with Crippen molar-refractivity contribution in [1.82, 2.24) is 24.8 Å². The molecule has 114 valence electrons. The summed E-state index contributed by atoms with van der Waals surface area (Å²) in [5, 5.41) is 12.5. The Balaban J connectivity index is 2.62. The minimum atomic E-state index is -0.483. The molecule has 0 bridgehead atoms. The molecule has 0 saturated carbocycles. The van der Waals surface area contributed by atoms with Gasteiger partial charge in [-0.1, -0.05) is 5.21 Å². The van der Waals surface area contributed by atoms with Gasteiger partial charge < -0.3 is 4.74 Å². The Morgan fingerprint density at radius 3 is 2.62 bits per heavy atom. The third-order valence-corrected chi connectivity index (χ3v) is 3.96. The summed E-state index contributed by atoms with van der Waals surface area (Å²) in [5.41, 5.74) is 3.61. The molecule has 2 heterocycles. The summed E-state index contributed by atoms with van der Waals surface area (Å²) in [6, 6.07) is 0. The van der Waals surface area contributed by atoms with Gasteiger partial charge in [0, 0.05) is 24.1 Å². The number of hydrogen-bond acceptors (Lipinski definition) is 6. The van der Waals surface area contributed by atoms with Crippen LogP contribution in [-0.2, 0) is 18.3 Å². The second-order valence-electron chi connectivity index (χ2n) is 4.66. The maximum atomic E-state index is 12.0. The Bertz CT molecular complexity index is 662. The number of esters is 1. The highest BCUT2D eigenvalue weighted by atomic mass is 32.2. The first-order valence-corrected chi connectivity index (χ1v) is 7.92. The maximum Gasteiger partial charge on any atom is 0.360 e. The molecular weight excluding hydrogens is 290 g/mol. The summed E-state index contributed by atoms with van der Waals surface area (Å²) in [6.07, 6.45) is 2.03. The van der Waals surface area contributed by atoms with E-state index in [4.69, 9.17) is 4.74 Å². The molecule has 0 amide bonds. The second kappa shape index (κ2) is 6.30. The molecule has 2 aromatic heterocycles. The number of carbonyl (C=O) groups is 1. The molecule has 0 radical (unpaired) electrons. The van der Waals surface area contributed by atoms with Crippen LogP contribution in [0.2, 0.25) is 0 Å². The number of rotatable bonds is 5. The van der Waals surface area contributed by atoms with Gasteiger partial charge in [0.2, 0.25) is 0 Å². The molecule has 2 rings (SSSR count). The van der Waals surface area contributed by atoms with E-state index in [1.807, 2.05) is 27.2 Å². The third-order valence-electron chi connectivity index (χ3n) is 3.37. The standard InChI is InChI=1S/C13H19N5O2S/c1-8-10(9(2)17(3)15-8)12-11(13(19)20-4)14-16-18(12)6-7-21-5/h6-7H2,1-5H3. The van der Waals surface area contributed by atoms with Gasteiger partial charge >= 0.3 is 5.97 Å². The van der Waals surface area contributed by atoms with Crippen molar-refractivity contribution < 1.29 is 9.53 Å². The smallest absolute Gasteiger partial charge is 0.360 e. The first kappa shape index (κ1) is 15.6. The van der Waals surface area contributed by atoms with Crippen LogP contribution in [0.15, 0.2) is 0 Å². The number of methoxy groups -OCH3 is 1. The number of thioether (sulfide) groups is 1. The Labute approximate surface area is 127 Å². The number of hydrogen-bond donors (Lipinski definition) is 0. The highest BCUT2D eigenvalue weighted by Gasteiger charge is 2.26. The molecule has 21 heavy (non-hydrogen) atoms. The molecule has 0 N–H and O–H groups in total. The van der Waals surface area contributed by atoms with Gasteiger partial charge in [0.05, 0.1) is 19.3 Å². The van der Waals surface area contributed by atoms with E-state index < -0.39 is 5.97 Å². The Hall–Kier alpha value is -1.83. The fraction of sp³-hybridized carbons (Fsp3) is 0.538. The fourth-order valence-electron chi connectivity index (χ4n) is 2.25.